The summed E-state index contributed by atoms with van der Waals surface area (Å²) in [7, 11) is 0. The van der Waals surface area contributed by atoms with E-state index in [9.17, 15) is 4.79 Å². The van der Waals surface area contributed by atoms with Crippen molar-refractivity contribution in [3.05, 3.63) is 36.3 Å². The van der Waals surface area contributed by atoms with E-state index in [1.165, 1.54) is 0 Å². The Bertz CT molecular complexity index is 616. The molecule has 0 aromatic carbocycles. The average molecular weight is 345 g/mol. The van der Waals surface area contributed by atoms with Crippen LogP contribution < -0.4 is 11.1 Å². The zero-order valence-electron chi connectivity index (χ0n) is 12.3. The van der Waals surface area contributed by atoms with Crippen molar-refractivity contribution in [1.82, 2.24) is 14.7 Å². The third-order valence-corrected chi connectivity index (χ3v) is 4.12. The van der Waals surface area contributed by atoms with Crippen molar-refractivity contribution < 1.29 is 4.79 Å². The molecular weight excluding hydrogens is 323 g/mol. The number of hydrogen-bond donors (Lipinski definition) is 2. The van der Waals surface area contributed by atoms with Crippen LogP contribution in [-0.2, 0) is 11.3 Å². The highest BCUT2D eigenvalue weighted by atomic mass is 35.5. The normalized spacial score (nSPS) is 20.2. The molecule has 7 heteroatoms. The third-order valence-electron chi connectivity index (χ3n) is 4.12. The monoisotopic (exact) mass is 344 g/mol. The molecule has 1 aliphatic carbocycles. The number of nitrogens with one attached hydrogen (secondary N) is 1. The molecule has 1 amide bonds. The van der Waals surface area contributed by atoms with Gasteiger partial charge in [-0.05, 0) is 36.5 Å². The SMILES string of the molecule is Cl.Cl.N[C@@H]1CCC[C@H]1CC(=O)NCc1ccn2ccnc2c1. The van der Waals surface area contributed by atoms with Crippen molar-refractivity contribution >= 4 is 36.4 Å². The van der Waals surface area contributed by atoms with E-state index in [0.717, 1.165) is 30.5 Å². The lowest BCUT2D eigenvalue weighted by molar-refractivity contribution is -0.122. The molecule has 1 saturated carbocycles. The van der Waals surface area contributed by atoms with Crippen LogP contribution in [0.1, 0.15) is 31.2 Å². The van der Waals surface area contributed by atoms with Crippen molar-refractivity contribution in [2.24, 2.45) is 11.7 Å². The number of fused-ring (bicyclic) bond motifs is 1. The molecule has 0 unspecified atom stereocenters. The number of nitrogens with two attached hydrogens (primary N) is 1. The van der Waals surface area contributed by atoms with Gasteiger partial charge in [-0.2, -0.15) is 0 Å². The number of imidazole rings is 1. The Labute approximate surface area is 142 Å². The van der Waals surface area contributed by atoms with Gasteiger partial charge in [0.25, 0.3) is 0 Å². The highest BCUT2D eigenvalue weighted by Crippen LogP contribution is 2.26. The van der Waals surface area contributed by atoms with E-state index in [2.05, 4.69) is 10.3 Å². The molecule has 1 fully saturated rings. The second-order valence-electron chi connectivity index (χ2n) is 5.56. The van der Waals surface area contributed by atoms with E-state index in [1.54, 1.807) is 6.20 Å². The summed E-state index contributed by atoms with van der Waals surface area (Å²) in [6, 6.07) is 4.18. The van der Waals surface area contributed by atoms with E-state index in [1.807, 2.05) is 28.9 Å². The highest BCUT2D eigenvalue weighted by molar-refractivity contribution is 5.85. The summed E-state index contributed by atoms with van der Waals surface area (Å²) in [6.07, 6.45) is 9.45. The number of carbonyl (C=O) groups excluding carboxylic acids is 1. The number of pyridine rings is 1. The first-order valence-corrected chi connectivity index (χ1v) is 7.16. The lowest BCUT2D eigenvalue weighted by atomic mass is 10.00. The van der Waals surface area contributed by atoms with Crippen molar-refractivity contribution in [3.63, 3.8) is 0 Å². The summed E-state index contributed by atoms with van der Waals surface area (Å²) in [5.74, 6) is 0.445. The Hall–Kier alpha value is -1.30. The molecule has 2 heterocycles. The van der Waals surface area contributed by atoms with E-state index in [-0.39, 0.29) is 36.8 Å². The number of amides is 1. The quantitative estimate of drug-likeness (QED) is 0.893. The molecule has 2 aromatic heterocycles. The van der Waals surface area contributed by atoms with Gasteiger partial charge in [0, 0.05) is 37.6 Å². The highest BCUT2D eigenvalue weighted by Gasteiger charge is 2.25. The maximum absolute atomic E-state index is 11.9. The zero-order chi connectivity index (χ0) is 13.9. The van der Waals surface area contributed by atoms with Gasteiger partial charge in [0.05, 0.1) is 0 Å². The van der Waals surface area contributed by atoms with Crippen molar-refractivity contribution in [2.45, 2.75) is 38.3 Å². The molecule has 1 aliphatic rings. The molecule has 22 heavy (non-hydrogen) atoms. The summed E-state index contributed by atoms with van der Waals surface area (Å²) in [6.45, 7) is 0.546. The van der Waals surface area contributed by atoms with E-state index in [0.29, 0.717) is 18.9 Å². The summed E-state index contributed by atoms with van der Waals surface area (Å²) in [5.41, 5.74) is 7.95. The van der Waals surface area contributed by atoms with Crippen LogP contribution in [0.2, 0.25) is 0 Å². The zero-order valence-corrected chi connectivity index (χ0v) is 13.9. The summed E-state index contributed by atoms with van der Waals surface area (Å²) in [5, 5.41) is 2.97. The van der Waals surface area contributed by atoms with Gasteiger partial charge in [0.1, 0.15) is 5.65 Å². The van der Waals surface area contributed by atoms with Crippen LogP contribution in [0.25, 0.3) is 5.65 Å². The molecule has 5 nitrogen and oxygen atoms in total. The van der Waals surface area contributed by atoms with Crippen LogP contribution >= 0.6 is 24.8 Å². The van der Waals surface area contributed by atoms with Crippen molar-refractivity contribution in [1.29, 1.82) is 0 Å². The number of halogens is 2. The number of carbonyl (C=O) groups is 1. The second kappa shape index (κ2) is 8.36. The minimum Gasteiger partial charge on any atom is -0.352 e. The minimum atomic E-state index is 0. The molecule has 3 rings (SSSR count). The van der Waals surface area contributed by atoms with Crippen LogP contribution in [0.5, 0.6) is 0 Å². The molecule has 0 spiro atoms. The molecule has 0 aliphatic heterocycles. The first-order chi connectivity index (χ1) is 9.72. The first-order valence-electron chi connectivity index (χ1n) is 7.16. The van der Waals surface area contributed by atoms with E-state index in [4.69, 9.17) is 5.73 Å². The first kappa shape index (κ1) is 18.7. The number of aromatic nitrogens is 2. The fourth-order valence-corrected chi connectivity index (χ4v) is 2.89. The van der Waals surface area contributed by atoms with Crippen LogP contribution in [0.3, 0.4) is 0 Å². The summed E-state index contributed by atoms with van der Waals surface area (Å²) >= 11 is 0. The fourth-order valence-electron chi connectivity index (χ4n) is 2.89. The number of rotatable bonds is 4. The predicted molar refractivity (Wildman–Crippen MR) is 91.5 cm³/mol. The van der Waals surface area contributed by atoms with Crippen LogP contribution in [0.4, 0.5) is 0 Å². The molecular formula is C15H22Cl2N4O. The van der Waals surface area contributed by atoms with Gasteiger partial charge in [-0.3, -0.25) is 4.79 Å². The molecule has 2 atom stereocenters. The smallest absolute Gasteiger partial charge is 0.220 e. The molecule has 122 valence electrons. The van der Waals surface area contributed by atoms with E-state index < -0.39 is 0 Å². The predicted octanol–water partition coefficient (Wildman–Crippen LogP) is 2.31. The molecule has 0 radical (unpaired) electrons. The van der Waals surface area contributed by atoms with Crippen LogP contribution in [0.15, 0.2) is 30.7 Å². The van der Waals surface area contributed by atoms with E-state index >= 15 is 0 Å². The number of hydrogen-bond acceptors (Lipinski definition) is 3. The van der Waals surface area contributed by atoms with Gasteiger partial charge in [-0.25, -0.2) is 4.98 Å². The second-order valence-corrected chi connectivity index (χ2v) is 5.56. The Morgan fingerprint density at radius 1 is 1.36 bits per heavy atom. The third kappa shape index (κ3) is 4.35. The Morgan fingerprint density at radius 3 is 2.91 bits per heavy atom. The molecule has 0 saturated heterocycles. The summed E-state index contributed by atoms with van der Waals surface area (Å²) < 4.78 is 1.95. The van der Waals surface area contributed by atoms with Crippen LogP contribution in [0, 0.1) is 5.92 Å². The van der Waals surface area contributed by atoms with Gasteiger partial charge in [-0.15, -0.1) is 24.8 Å². The standard InChI is InChI=1S/C15H20N4O.2ClH/c16-13-3-1-2-12(13)9-15(20)18-10-11-4-6-19-7-5-17-14(19)8-11;;/h4-8,12-13H,1-3,9-10,16H2,(H,18,20);2*1H/t12-,13+;;/m0../s1. The Morgan fingerprint density at radius 2 is 2.18 bits per heavy atom. The van der Waals surface area contributed by atoms with Gasteiger partial charge >= 0.3 is 0 Å². The average Bonchev–Trinajstić information content (AvgIpc) is 3.05. The van der Waals surface area contributed by atoms with Gasteiger partial charge in [0.2, 0.25) is 5.91 Å². The van der Waals surface area contributed by atoms with Crippen molar-refractivity contribution in [2.75, 3.05) is 0 Å². The minimum absolute atomic E-state index is 0. The van der Waals surface area contributed by atoms with Gasteiger partial charge < -0.3 is 15.5 Å². The largest absolute Gasteiger partial charge is 0.352 e. The van der Waals surface area contributed by atoms with Gasteiger partial charge in [-0.1, -0.05) is 6.42 Å². The summed E-state index contributed by atoms with van der Waals surface area (Å²) in [4.78, 5) is 16.2. The van der Waals surface area contributed by atoms with Gasteiger partial charge in [0.15, 0.2) is 0 Å². The Kier molecular flexibility index (Phi) is 7.13. The lowest BCUT2D eigenvalue weighted by Crippen LogP contribution is -2.31. The lowest BCUT2D eigenvalue weighted by Gasteiger charge is -2.14. The Balaban J connectivity index is 0.00000121. The molecule has 3 N–H and O–H groups in total. The fraction of sp³-hybridized carbons (Fsp3) is 0.467. The van der Waals surface area contributed by atoms with Crippen LogP contribution in [-0.4, -0.2) is 21.3 Å². The molecule has 2 aromatic rings. The molecule has 0 bridgehead atoms. The van der Waals surface area contributed by atoms with Crippen molar-refractivity contribution in [3.8, 4) is 0 Å². The maximum Gasteiger partial charge on any atom is 0.220 e. The maximum atomic E-state index is 11.9. The number of nitrogens with zero attached hydrogens (tertiary/aromatic N) is 2. The topological polar surface area (TPSA) is 72.4 Å².